The number of aromatic amines is 1. The average molecular weight is 209 g/mol. The van der Waals surface area contributed by atoms with Gasteiger partial charge in [-0.3, -0.25) is 5.10 Å². The molecule has 0 fully saturated rings. The molecule has 0 saturated heterocycles. The molecule has 0 aliphatic rings. The maximum atomic E-state index is 5.19. The molecule has 0 unspecified atom stereocenters. The second-order valence-corrected chi connectivity index (χ2v) is 3.56. The van der Waals surface area contributed by atoms with Crippen molar-refractivity contribution in [2.24, 2.45) is 0 Å². The van der Waals surface area contributed by atoms with Gasteiger partial charge in [0.15, 0.2) is 5.65 Å². The molecule has 0 bridgehead atoms. The van der Waals surface area contributed by atoms with Crippen LogP contribution in [0.25, 0.3) is 5.65 Å². The van der Waals surface area contributed by atoms with Gasteiger partial charge in [-0.25, -0.2) is 9.50 Å². The van der Waals surface area contributed by atoms with Gasteiger partial charge in [-0.1, -0.05) is 12.2 Å². The van der Waals surface area contributed by atoms with Crippen LogP contribution in [0.2, 0.25) is 0 Å². The van der Waals surface area contributed by atoms with Crippen LogP contribution < -0.4 is 0 Å². The van der Waals surface area contributed by atoms with E-state index in [1.165, 1.54) is 0 Å². The summed E-state index contributed by atoms with van der Waals surface area (Å²) in [4.78, 5) is 4.35. The summed E-state index contributed by atoms with van der Waals surface area (Å²) in [5.41, 5.74) is 2.73. The van der Waals surface area contributed by atoms with E-state index >= 15 is 0 Å². The number of H-pyrrole nitrogens is 1. The van der Waals surface area contributed by atoms with Crippen LogP contribution >= 0.6 is 12.2 Å². The zero-order valence-corrected chi connectivity index (χ0v) is 8.89. The number of ether oxygens (including phenoxy) is 1. The number of hydrogen-bond acceptors (Lipinski definition) is 3. The van der Waals surface area contributed by atoms with Crippen molar-refractivity contribution >= 4 is 17.9 Å². The Kier molecular flexibility index (Phi) is 2.35. The lowest BCUT2D eigenvalue weighted by molar-refractivity contribution is 0.181. The fourth-order valence-corrected chi connectivity index (χ4v) is 1.70. The Morgan fingerprint density at radius 2 is 2.36 bits per heavy atom. The van der Waals surface area contributed by atoms with Crippen molar-refractivity contribution in [2.45, 2.75) is 13.5 Å². The van der Waals surface area contributed by atoms with Gasteiger partial charge in [0.05, 0.1) is 12.3 Å². The van der Waals surface area contributed by atoms with E-state index in [0.717, 1.165) is 21.7 Å². The summed E-state index contributed by atoms with van der Waals surface area (Å²) in [5.74, 6) is 0. The zero-order valence-electron chi connectivity index (χ0n) is 8.07. The highest BCUT2D eigenvalue weighted by Gasteiger charge is 2.01. The van der Waals surface area contributed by atoms with Crippen molar-refractivity contribution in [1.29, 1.82) is 0 Å². The summed E-state index contributed by atoms with van der Waals surface area (Å²) < 4.78 is 7.53. The number of aryl methyl sites for hydroxylation is 1. The molecule has 0 radical (unpaired) electrons. The van der Waals surface area contributed by atoms with E-state index in [1.54, 1.807) is 11.6 Å². The lowest BCUT2D eigenvalue weighted by Crippen LogP contribution is -1.94. The van der Waals surface area contributed by atoms with Gasteiger partial charge in [-0.05, 0) is 13.0 Å². The van der Waals surface area contributed by atoms with Crippen molar-refractivity contribution in [3.63, 3.8) is 0 Å². The fourth-order valence-electron chi connectivity index (χ4n) is 1.39. The summed E-state index contributed by atoms with van der Waals surface area (Å²) in [7, 11) is 1.66. The second kappa shape index (κ2) is 3.51. The van der Waals surface area contributed by atoms with Crippen molar-refractivity contribution in [3.05, 3.63) is 28.2 Å². The maximum absolute atomic E-state index is 5.19. The number of nitrogens with zero attached hydrogens (tertiary/aromatic N) is 2. The molecule has 2 rings (SSSR count). The Bertz CT molecular complexity index is 514. The highest BCUT2D eigenvalue weighted by molar-refractivity contribution is 7.71. The SMILES string of the molecule is COCc1cc2nc(C)cc(=S)n2[nH]1. The average Bonchev–Trinajstić information content (AvgIpc) is 2.48. The van der Waals surface area contributed by atoms with E-state index in [2.05, 4.69) is 10.1 Å². The quantitative estimate of drug-likeness (QED) is 0.767. The topological polar surface area (TPSA) is 42.3 Å². The molecule has 2 aromatic heterocycles. The number of hydrogen-bond donors (Lipinski definition) is 1. The van der Waals surface area contributed by atoms with E-state index < -0.39 is 0 Å². The Hall–Kier alpha value is -1.20. The van der Waals surface area contributed by atoms with Gasteiger partial charge in [-0.15, -0.1) is 0 Å². The van der Waals surface area contributed by atoms with Crippen LogP contribution in [0.3, 0.4) is 0 Å². The van der Waals surface area contributed by atoms with E-state index in [0.29, 0.717) is 6.61 Å². The van der Waals surface area contributed by atoms with E-state index in [-0.39, 0.29) is 0 Å². The molecule has 0 aromatic carbocycles. The number of fused-ring (bicyclic) bond motifs is 1. The molecule has 0 atom stereocenters. The van der Waals surface area contributed by atoms with Gasteiger partial charge in [0.25, 0.3) is 0 Å². The van der Waals surface area contributed by atoms with Crippen LogP contribution in [-0.2, 0) is 11.3 Å². The monoisotopic (exact) mass is 209 g/mol. The molecule has 0 aliphatic carbocycles. The number of nitrogens with one attached hydrogen (secondary N) is 1. The first-order valence-electron chi connectivity index (χ1n) is 4.28. The molecule has 5 heteroatoms. The van der Waals surface area contributed by atoms with Crippen LogP contribution in [0.15, 0.2) is 12.1 Å². The van der Waals surface area contributed by atoms with Crippen molar-refractivity contribution in [2.75, 3.05) is 7.11 Å². The van der Waals surface area contributed by atoms with E-state index in [4.69, 9.17) is 17.0 Å². The summed E-state index contributed by atoms with van der Waals surface area (Å²) in [6, 6.07) is 3.79. The molecule has 2 aromatic rings. The Balaban J connectivity index is 2.65. The Morgan fingerprint density at radius 3 is 3.07 bits per heavy atom. The normalized spacial score (nSPS) is 11.0. The first kappa shape index (κ1) is 9.36. The molecular formula is C9H11N3OS. The molecule has 0 amide bonds. The molecular weight excluding hydrogens is 198 g/mol. The fraction of sp³-hybridized carbons (Fsp3) is 0.333. The Labute approximate surface area is 86.5 Å². The third-order valence-electron chi connectivity index (χ3n) is 1.93. The van der Waals surface area contributed by atoms with Gasteiger partial charge >= 0.3 is 0 Å². The van der Waals surface area contributed by atoms with Gasteiger partial charge < -0.3 is 4.74 Å². The first-order chi connectivity index (χ1) is 6.70. The molecule has 4 nitrogen and oxygen atoms in total. The van der Waals surface area contributed by atoms with Crippen LogP contribution in [-0.4, -0.2) is 21.7 Å². The van der Waals surface area contributed by atoms with E-state index in [9.17, 15) is 0 Å². The van der Waals surface area contributed by atoms with Crippen molar-refractivity contribution in [1.82, 2.24) is 14.6 Å². The predicted molar refractivity (Wildman–Crippen MR) is 55.8 cm³/mol. The van der Waals surface area contributed by atoms with Crippen LogP contribution in [0, 0.1) is 11.6 Å². The second-order valence-electron chi connectivity index (χ2n) is 3.14. The smallest absolute Gasteiger partial charge is 0.154 e. The highest BCUT2D eigenvalue weighted by atomic mass is 32.1. The summed E-state index contributed by atoms with van der Waals surface area (Å²) >= 11 is 5.19. The molecule has 1 N–H and O–H groups in total. The van der Waals surface area contributed by atoms with Gasteiger partial charge in [0.2, 0.25) is 0 Å². The standard InChI is InChI=1S/C9H11N3OS/c1-6-3-9(14)12-8(10-6)4-7(11-12)5-13-2/h3-4,11H,5H2,1-2H3. The largest absolute Gasteiger partial charge is 0.378 e. The molecule has 0 saturated carbocycles. The number of aromatic nitrogens is 3. The van der Waals surface area contributed by atoms with Crippen LogP contribution in [0.1, 0.15) is 11.4 Å². The highest BCUT2D eigenvalue weighted by Crippen LogP contribution is 2.07. The zero-order chi connectivity index (χ0) is 10.1. The summed E-state index contributed by atoms with van der Waals surface area (Å²) in [6.45, 7) is 2.47. The lowest BCUT2D eigenvalue weighted by Gasteiger charge is -1.95. The number of rotatable bonds is 2. The summed E-state index contributed by atoms with van der Waals surface area (Å²) in [5, 5.41) is 3.12. The van der Waals surface area contributed by atoms with Crippen LogP contribution in [0.5, 0.6) is 0 Å². The molecule has 14 heavy (non-hydrogen) atoms. The Morgan fingerprint density at radius 1 is 1.57 bits per heavy atom. The summed E-state index contributed by atoms with van der Waals surface area (Å²) in [6.07, 6.45) is 0. The molecule has 74 valence electrons. The minimum atomic E-state index is 0.539. The molecule has 0 aliphatic heterocycles. The lowest BCUT2D eigenvalue weighted by atomic mass is 10.4. The first-order valence-corrected chi connectivity index (χ1v) is 4.69. The van der Waals surface area contributed by atoms with Gasteiger partial charge in [0.1, 0.15) is 4.64 Å². The van der Waals surface area contributed by atoms with Crippen molar-refractivity contribution < 1.29 is 4.74 Å². The predicted octanol–water partition coefficient (Wildman–Crippen LogP) is 1.85. The number of methoxy groups -OCH3 is 1. The third-order valence-corrected chi connectivity index (χ3v) is 2.23. The molecule has 0 spiro atoms. The minimum Gasteiger partial charge on any atom is -0.378 e. The minimum absolute atomic E-state index is 0.539. The maximum Gasteiger partial charge on any atom is 0.154 e. The third kappa shape index (κ3) is 1.56. The van der Waals surface area contributed by atoms with Gasteiger partial charge in [-0.2, -0.15) is 0 Å². The van der Waals surface area contributed by atoms with E-state index in [1.807, 2.05) is 19.1 Å². The van der Waals surface area contributed by atoms with Crippen LogP contribution in [0.4, 0.5) is 0 Å². The van der Waals surface area contributed by atoms with Gasteiger partial charge in [0, 0.05) is 18.9 Å². The molecule has 2 heterocycles. The van der Waals surface area contributed by atoms with Crippen molar-refractivity contribution in [3.8, 4) is 0 Å².